The minimum absolute atomic E-state index is 0.0432. The van der Waals surface area contributed by atoms with E-state index in [0.29, 0.717) is 31.6 Å². The Labute approximate surface area is 196 Å². The summed E-state index contributed by atoms with van der Waals surface area (Å²) in [5, 5.41) is 3.44. The SMILES string of the molecule is COc1cc(/C=C2\C(=O)NC(=S)N(C)C2=O)c(Br)cc1OCc1ccc(Cl)c(Cl)c1. The molecule has 1 saturated heterocycles. The van der Waals surface area contributed by atoms with Gasteiger partial charge in [0.25, 0.3) is 11.8 Å². The van der Waals surface area contributed by atoms with E-state index in [1.165, 1.54) is 25.1 Å². The van der Waals surface area contributed by atoms with Crippen molar-refractivity contribution < 1.29 is 19.1 Å². The molecule has 0 spiro atoms. The third-order valence-corrected chi connectivity index (χ3v) is 6.07. The molecule has 0 radical (unpaired) electrons. The molecule has 0 unspecified atom stereocenters. The number of ether oxygens (including phenoxy) is 2. The number of hydrogen-bond acceptors (Lipinski definition) is 5. The maximum Gasteiger partial charge on any atom is 0.265 e. The number of methoxy groups -OCH3 is 1. The van der Waals surface area contributed by atoms with E-state index in [0.717, 1.165) is 5.56 Å². The number of amides is 2. The fourth-order valence-corrected chi connectivity index (χ4v) is 3.56. The highest BCUT2D eigenvalue weighted by atomic mass is 79.9. The predicted molar refractivity (Wildman–Crippen MR) is 123 cm³/mol. The number of nitrogens with zero attached hydrogens (tertiary/aromatic N) is 1. The van der Waals surface area contributed by atoms with Gasteiger partial charge in [-0.3, -0.25) is 19.8 Å². The van der Waals surface area contributed by atoms with Crippen molar-refractivity contribution in [1.29, 1.82) is 0 Å². The van der Waals surface area contributed by atoms with Crippen molar-refractivity contribution in [3.63, 3.8) is 0 Å². The summed E-state index contributed by atoms with van der Waals surface area (Å²) in [6.07, 6.45) is 1.46. The first kappa shape index (κ1) is 22.6. The van der Waals surface area contributed by atoms with E-state index in [1.54, 1.807) is 24.3 Å². The number of nitrogens with one attached hydrogen (secondary N) is 1. The van der Waals surface area contributed by atoms with E-state index in [-0.39, 0.29) is 17.3 Å². The molecule has 1 fully saturated rings. The van der Waals surface area contributed by atoms with Gasteiger partial charge in [0.1, 0.15) is 12.2 Å². The van der Waals surface area contributed by atoms with Gasteiger partial charge in [0.2, 0.25) is 0 Å². The van der Waals surface area contributed by atoms with Crippen LogP contribution in [-0.4, -0.2) is 36.0 Å². The van der Waals surface area contributed by atoms with Crippen LogP contribution in [0.15, 0.2) is 40.4 Å². The van der Waals surface area contributed by atoms with E-state index >= 15 is 0 Å². The van der Waals surface area contributed by atoms with Crippen molar-refractivity contribution in [3.8, 4) is 11.5 Å². The van der Waals surface area contributed by atoms with Gasteiger partial charge in [-0.2, -0.15) is 0 Å². The summed E-state index contributed by atoms with van der Waals surface area (Å²) in [5.74, 6) is -0.156. The Kier molecular flexibility index (Phi) is 7.02. The van der Waals surface area contributed by atoms with E-state index in [1.807, 2.05) is 6.07 Å². The zero-order valence-corrected chi connectivity index (χ0v) is 19.7. The molecule has 0 atom stereocenters. The number of hydrogen-bond donors (Lipinski definition) is 1. The van der Waals surface area contributed by atoms with Gasteiger partial charge in [0, 0.05) is 11.5 Å². The van der Waals surface area contributed by atoms with Gasteiger partial charge >= 0.3 is 0 Å². The number of likely N-dealkylation sites (N-methyl/N-ethyl adjacent to an activating group) is 1. The number of rotatable bonds is 5. The van der Waals surface area contributed by atoms with Crippen LogP contribution in [0.5, 0.6) is 11.5 Å². The highest BCUT2D eigenvalue weighted by Gasteiger charge is 2.31. The van der Waals surface area contributed by atoms with Crippen LogP contribution in [0.3, 0.4) is 0 Å². The summed E-state index contributed by atoms with van der Waals surface area (Å²) >= 11 is 20.4. The number of carbonyl (C=O) groups excluding carboxylic acids is 2. The van der Waals surface area contributed by atoms with Crippen molar-refractivity contribution in [2.45, 2.75) is 6.61 Å². The highest BCUT2D eigenvalue weighted by molar-refractivity contribution is 9.10. The van der Waals surface area contributed by atoms with Crippen molar-refractivity contribution in [2.75, 3.05) is 14.2 Å². The zero-order chi connectivity index (χ0) is 22.0. The highest BCUT2D eigenvalue weighted by Crippen LogP contribution is 2.35. The van der Waals surface area contributed by atoms with Crippen LogP contribution in [0.1, 0.15) is 11.1 Å². The Morgan fingerprint density at radius 1 is 1.17 bits per heavy atom. The lowest BCUT2D eigenvalue weighted by molar-refractivity contribution is -0.128. The topological polar surface area (TPSA) is 67.9 Å². The van der Waals surface area contributed by atoms with Crippen LogP contribution in [0.2, 0.25) is 10.0 Å². The second-order valence-electron chi connectivity index (χ2n) is 6.24. The number of halogens is 3. The van der Waals surface area contributed by atoms with Crippen LogP contribution in [0.25, 0.3) is 6.08 Å². The lowest BCUT2D eigenvalue weighted by atomic mass is 10.1. The molecular weight excluding hydrogens is 515 g/mol. The first-order chi connectivity index (χ1) is 14.2. The molecule has 0 bridgehead atoms. The Morgan fingerprint density at radius 2 is 1.90 bits per heavy atom. The fraction of sp³-hybridized carbons (Fsp3) is 0.150. The molecule has 1 aliphatic rings. The van der Waals surface area contributed by atoms with E-state index < -0.39 is 11.8 Å². The second kappa shape index (κ2) is 9.34. The maximum atomic E-state index is 12.4. The van der Waals surface area contributed by atoms with Crippen LogP contribution < -0.4 is 14.8 Å². The Hall–Kier alpha value is -2.13. The van der Waals surface area contributed by atoms with Gasteiger partial charge in [-0.25, -0.2) is 0 Å². The van der Waals surface area contributed by atoms with Gasteiger partial charge in [0.15, 0.2) is 16.6 Å². The first-order valence-electron chi connectivity index (χ1n) is 8.50. The summed E-state index contributed by atoms with van der Waals surface area (Å²) in [6, 6.07) is 8.58. The second-order valence-corrected chi connectivity index (χ2v) is 8.30. The van der Waals surface area contributed by atoms with Crippen molar-refractivity contribution >= 4 is 74.4 Å². The largest absolute Gasteiger partial charge is 0.493 e. The normalized spacial score (nSPS) is 15.4. The average molecular weight is 530 g/mol. The lowest BCUT2D eigenvalue weighted by Gasteiger charge is -2.25. The molecule has 3 rings (SSSR count). The molecule has 0 aromatic heterocycles. The standard InChI is InChI=1S/C20H15BrCl2N2O4S/c1-25-19(27)12(18(26)24-20(25)30)6-11-7-16(28-2)17(8-13(11)21)29-9-10-3-4-14(22)15(23)5-10/h3-8H,9H2,1-2H3,(H,24,26,30)/b12-6+. The minimum Gasteiger partial charge on any atom is -0.493 e. The molecule has 10 heteroatoms. The van der Waals surface area contributed by atoms with Crippen LogP contribution >= 0.6 is 51.3 Å². The molecular formula is C20H15BrCl2N2O4S. The first-order valence-corrected chi connectivity index (χ1v) is 10.5. The van der Waals surface area contributed by atoms with Gasteiger partial charge < -0.3 is 9.47 Å². The monoisotopic (exact) mass is 528 g/mol. The molecule has 0 aliphatic carbocycles. The number of thiocarbonyl (C=S) groups is 1. The zero-order valence-electron chi connectivity index (χ0n) is 15.8. The van der Waals surface area contributed by atoms with Gasteiger partial charge in [-0.1, -0.05) is 45.2 Å². The predicted octanol–water partition coefficient (Wildman–Crippen LogP) is 4.60. The Morgan fingerprint density at radius 3 is 2.57 bits per heavy atom. The maximum absolute atomic E-state index is 12.4. The molecule has 1 heterocycles. The fourth-order valence-electron chi connectivity index (χ4n) is 2.63. The Balaban J connectivity index is 1.88. The van der Waals surface area contributed by atoms with Crippen LogP contribution in [0.4, 0.5) is 0 Å². The van der Waals surface area contributed by atoms with Gasteiger partial charge in [-0.15, -0.1) is 0 Å². The summed E-state index contributed by atoms with van der Waals surface area (Å²) in [7, 11) is 2.99. The molecule has 156 valence electrons. The molecule has 6 nitrogen and oxygen atoms in total. The van der Waals surface area contributed by atoms with Crippen molar-refractivity contribution in [1.82, 2.24) is 10.2 Å². The summed E-state index contributed by atoms with van der Waals surface area (Å²) in [6.45, 7) is 0.239. The summed E-state index contributed by atoms with van der Waals surface area (Å²) < 4.78 is 11.9. The van der Waals surface area contributed by atoms with Crippen LogP contribution in [0, 0.1) is 0 Å². The van der Waals surface area contributed by atoms with Crippen molar-refractivity contribution in [2.24, 2.45) is 0 Å². The minimum atomic E-state index is -0.561. The average Bonchev–Trinajstić information content (AvgIpc) is 2.71. The molecule has 2 amide bonds. The Bertz CT molecular complexity index is 1090. The van der Waals surface area contributed by atoms with Gasteiger partial charge in [0.05, 0.1) is 17.2 Å². The van der Waals surface area contributed by atoms with E-state index in [9.17, 15) is 9.59 Å². The lowest BCUT2D eigenvalue weighted by Crippen LogP contribution is -2.52. The quantitative estimate of drug-likeness (QED) is 0.348. The number of benzene rings is 2. The molecule has 2 aromatic carbocycles. The third-order valence-electron chi connectivity index (χ3n) is 4.27. The van der Waals surface area contributed by atoms with E-state index in [4.69, 9.17) is 44.9 Å². The molecule has 1 N–H and O–H groups in total. The summed E-state index contributed by atoms with van der Waals surface area (Å²) in [5.41, 5.74) is 1.35. The smallest absolute Gasteiger partial charge is 0.265 e. The molecule has 30 heavy (non-hydrogen) atoms. The third kappa shape index (κ3) is 4.78. The molecule has 2 aromatic rings. The summed E-state index contributed by atoms with van der Waals surface area (Å²) in [4.78, 5) is 25.8. The van der Waals surface area contributed by atoms with Crippen molar-refractivity contribution in [3.05, 3.63) is 61.5 Å². The van der Waals surface area contributed by atoms with Crippen LogP contribution in [-0.2, 0) is 16.2 Å². The number of carbonyl (C=O) groups is 2. The molecule has 0 saturated carbocycles. The molecule has 1 aliphatic heterocycles. The van der Waals surface area contributed by atoms with Gasteiger partial charge in [-0.05, 0) is 53.7 Å². The van der Waals surface area contributed by atoms with E-state index in [2.05, 4.69) is 21.2 Å².